The highest BCUT2D eigenvalue weighted by atomic mass is 35.5. The average Bonchev–Trinajstić information content (AvgIpc) is 2.59. The van der Waals surface area contributed by atoms with Crippen LogP contribution in [0, 0.1) is 0 Å². The van der Waals surface area contributed by atoms with E-state index in [1.54, 1.807) is 12.0 Å². The van der Waals surface area contributed by atoms with E-state index in [0.717, 1.165) is 23.4 Å². The molecular weight excluding hydrogens is 312 g/mol. The van der Waals surface area contributed by atoms with Gasteiger partial charge in [-0.05, 0) is 30.8 Å². The van der Waals surface area contributed by atoms with E-state index in [-0.39, 0.29) is 18.3 Å². The van der Waals surface area contributed by atoms with E-state index in [1.807, 2.05) is 62.6 Å². The third-order valence-electron chi connectivity index (χ3n) is 3.59. The van der Waals surface area contributed by atoms with Crippen molar-refractivity contribution >= 4 is 18.3 Å². The molecule has 5 heteroatoms. The van der Waals surface area contributed by atoms with Gasteiger partial charge >= 0.3 is 0 Å². The summed E-state index contributed by atoms with van der Waals surface area (Å²) >= 11 is 0. The molecule has 0 heterocycles. The largest absolute Gasteiger partial charge is 0.496 e. The number of ether oxygens (including phenoxy) is 1. The Morgan fingerprint density at radius 3 is 2.39 bits per heavy atom. The Hall–Kier alpha value is -2.04. The highest BCUT2D eigenvalue weighted by molar-refractivity contribution is 5.94. The number of amides is 1. The maximum atomic E-state index is 12.3. The highest BCUT2D eigenvalue weighted by Crippen LogP contribution is 2.29. The molecule has 2 aromatic rings. The molecule has 0 fully saturated rings. The average molecular weight is 335 g/mol. The van der Waals surface area contributed by atoms with Crippen molar-refractivity contribution in [2.75, 3.05) is 34.3 Å². The van der Waals surface area contributed by atoms with Crippen molar-refractivity contribution in [2.24, 2.45) is 0 Å². The minimum Gasteiger partial charge on any atom is -0.496 e. The smallest absolute Gasteiger partial charge is 0.253 e. The second-order valence-corrected chi connectivity index (χ2v) is 5.11. The molecule has 0 aliphatic heterocycles. The van der Waals surface area contributed by atoms with Gasteiger partial charge in [-0.3, -0.25) is 4.79 Å². The Labute approximate surface area is 143 Å². The summed E-state index contributed by atoms with van der Waals surface area (Å²) in [5.41, 5.74) is 2.75. The maximum absolute atomic E-state index is 12.3. The number of rotatable bonds is 6. The van der Waals surface area contributed by atoms with E-state index in [4.69, 9.17) is 4.74 Å². The summed E-state index contributed by atoms with van der Waals surface area (Å²) in [6, 6.07) is 15.5. The molecule has 2 aromatic carbocycles. The molecule has 0 atom stereocenters. The van der Waals surface area contributed by atoms with Crippen LogP contribution in [0.3, 0.4) is 0 Å². The molecule has 0 aliphatic carbocycles. The van der Waals surface area contributed by atoms with E-state index < -0.39 is 0 Å². The number of hydrogen-bond acceptors (Lipinski definition) is 3. The molecule has 0 radical (unpaired) electrons. The van der Waals surface area contributed by atoms with Gasteiger partial charge in [0.15, 0.2) is 0 Å². The Morgan fingerprint density at radius 1 is 1.13 bits per heavy atom. The van der Waals surface area contributed by atoms with Gasteiger partial charge in [0.2, 0.25) is 0 Å². The van der Waals surface area contributed by atoms with Crippen molar-refractivity contribution in [3.05, 3.63) is 54.1 Å². The second kappa shape index (κ2) is 9.18. The molecule has 0 bridgehead atoms. The number of carbonyl (C=O) groups excluding carboxylic acids is 1. The second-order valence-electron chi connectivity index (χ2n) is 5.11. The molecule has 1 amide bonds. The van der Waals surface area contributed by atoms with Crippen LogP contribution in [0.5, 0.6) is 5.75 Å². The van der Waals surface area contributed by atoms with Crippen molar-refractivity contribution in [2.45, 2.75) is 0 Å². The quantitative estimate of drug-likeness (QED) is 0.882. The number of carbonyl (C=O) groups is 1. The van der Waals surface area contributed by atoms with Crippen LogP contribution in [-0.2, 0) is 0 Å². The van der Waals surface area contributed by atoms with E-state index >= 15 is 0 Å². The van der Waals surface area contributed by atoms with Crippen LogP contribution in [0.15, 0.2) is 48.5 Å². The molecule has 0 spiro atoms. The predicted octanol–water partition coefficient (Wildman–Crippen LogP) is 3.08. The van der Waals surface area contributed by atoms with Crippen molar-refractivity contribution in [1.29, 1.82) is 0 Å². The van der Waals surface area contributed by atoms with Crippen molar-refractivity contribution < 1.29 is 9.53 Å². The van der Waals surface area contributed by atoms with Crippen LogP contribution < -0.4 is 10.1 Å². The zero-order chi connectivity index (χ0) is 15.9. The fourth-order valence-corrected chi connectivity index (χ4v) is 2.28. The lowest BCUT2D eigenvalue weighted by Gasteiger charge is -2.17. The van der Waals surface area contributed by atoms with Gasteiger partial charge in [0.05, 0.1) is 7.11 Å². The van der Waals surface area contributed by atoms with Crippen molar-refractivity contribution in [1.82, 2.24) is 10.2 Å². The van der Waals surface area contributed by atoms with Gasteiger partial charge in [0.1, 0.15) is 5.75 Å². The van der Waals surface area contributed by atoms with E-state index in [1.165, 1.54) is 0 Å². The van der Waals surface area contributed by atoms with Crippen molar-refractivity contribution in [3.63, 3.8) is 0 Å². The molecular formula is C18H23ClN2O2. The summed E-state index contributed by atoms with van der Waals surface area (Å²) in [6.07, 6.45) is 0. The van der Waals surface area contributed by atoms with Gasteiger partial charge in [-0.2, -0.15) is 0 Å². The number of nitrogens with one attached hydrogen (secondary N) is 1. The molecule has 4 nitrogen and oxygen atoms in total. The van der Waals surface area contributed by atoms with Crippen molar-refractivity contribution in [3.8, 4) is 16.9 Å². The van der Waals surface area contributed by atoms with Gasteiger partial charge in [-0.1, -0.05) is 30.3 Å². The molecule has 0 aliphatic rings. The first-order valence-electron chi connectivity index (χ1n) is 7.31. The summed E-state index contributed by atoms with van der Waals surface area (Å²) in [7, 11) is 5.35. The Balaban J connectivity index is 0.00000264. The standard InChI is InChI=1S/C18H22N2O2.ClH/c1-19-12-13-20(2)18(21)15-10-8-14(9-11-15)16-6-4-5-7-17(16)22-3;/h4-11,19H,12-13H2,1-3H3;1H. The molecule has 0 saturated heterocycles. The lowest BCUT2D eigenvalue weighted by atomic mass is 10.0. The Kier molecular flexibility index (Phi) is 7.59. The van der Waals surface area contributed by atoms with E-state index in [0.29, 0.717) is 12.1 Å². The first-order chi connectivity index (χ1) is 10.7. The number of para-hydroxylation sites is 1. The monoisotopic (exact) mass is 334 g/mol. The fraction of sp³-hybridized carbons (Fsp3) is 0.278. The summed E-state index contributed by atoms with van der Waals surface area (Å²) < 4.78 is 5.38. The molecule has 0 aromatic heterocycles. The van der Waals surface area contributed by atoms with E-state index in [2.05, 4.69) is 5.32 Å². The molecule has 23 heavy (non-hydrogen) atoms. The van der Waals surface area contributed by atoms with Crippen LogP contribution in [0.1, 0.15) is 10.4 Å². The van der Waals surface area contributed by atoms with Crippen LogP contribution in [0.2, 0.25) is 0 Å². The molecule has 124 valence electrons. The zero-order valence-corrected chi connectivity index (χ0v) is 14.5. The molecule has 0 saturated carbocycles. The van der Waals surface area contributed by atoms with Crippen LogP contribution in [0.4, 0.5) is 0 Å². The topological polar surface area (TPSA) is 41.6 Å². The molecule has 0 unspecified atom stereocenters. The number of methoxy groups -OCH3 is 1. The van der Waals surface area contributed by atoms with Crippen LogP contribution in [-0.4, -0.2) is 45.1 Å². The normalized spacial score (nSPS) is 9.87. The maximum Gasteiger partial charge on any atom is 0.253 e. The molecule has 2 rings (SSSR count). The number of hydrogen-bond donors (Lipinski definition) is 1. The number of halogens is 1. The van der Waals surface area contributed by atoms with Gasteiger partial charge in [0, 0.05) is 31.3 Å². The third-order valence-corrected chi connectivity index (χ3v) is 3.59. The lowest BCUT2D eigenvalue weighted by Crippen LogP contribution is -2.32. The predicted molar refractivity (Wildman–Crippen MR) is 96.6 cm³/mol. The minimum atomic E-state index is 0. The minimum absolute atomic E-state index is 0. The Bertz CT molecular complexity index is 629. The van der Waals surface area contributed by atoms with Crippen LogP contribution in [0.25, 0.3) is 11.1 Å². The Morgan fingerprint density at radius 2 is 1.78 bits per heavy atom. The highest BCUT2D eigenvalue weighted by Gasteiger charge is 2.12. The third kappa shape index (κ3) is 4.71. The summed E-state index contributed by atoms with van der Waals surface area (Å²) in [6.45, 7) is 1.46. The fourth-order valence-electron chi connectivity index (χ4n) is 2.28. The van der Waals surface area contributed by atoms with E-state index in [9.17, 15) is 4.79 Å². The van der Waals surface area contributed by atoms with Gasteiger partial charge in [0.25, 0.3) is 5.91 Å². The molecule has 1 N–H and O–H groups in total. The summed E-state index contributed by atoms with van der Waals surface area (Å²) in [4.78, 5) is 14.0. The lowest BCUT2D eigenvalue weighted by molar-refractivity contribution is 0.0797. The first kappa shape index (κ1) is 19.0. The number of benzene rings is 2. The summed E-state index contributed by atoms with van der Waals surface area (Å²) in [5, 5.41) is 3.04. The first-order valence-corrected chi connectivity index (χ1v) is 7.31. The summed E-state index contributed by atoms with van der Waals surface area (Å²) in [5.74, 6) is 0.856. The zero-order valence-electron chi connectivity index (χ0n) is 13.7. The van der Waals surface area contributed by atoms with Gasteiger partial charge in [-0.15, -0.1) is 12.4 Å². The number of likely N-dealkylation sites (N-methyl/N-ethyl adjacent to an activating group) is 2. The van der Waals surface area contributed by atoms with Gasteiger partial charge in [-0.25, -0.2) is 0 Å². The SMILES string of the molecule is CNCCN(C)C(=O)c1ccc(-c2ccccc2OC)cc1.Cl. The van der Waals surface area contributed by atoms with Gasteiger partial charge < -0.3 is 15.0 Å². The van der Waals surface area contributed by atoms with Crippen LogP contribution >= 0.6 is 12.4 Å². The number of nitrogens with zero attached hydrogens (tertiary/aromatic N) is 1.